The summed E-state index contributed by atoms with van der Waals surface area (Å²) in [5, 5.41) is 10.4. The van der Waals surface area contributed by atoms with Gasteiger partial charge in [0.15, 0.2) is 28.8 Å². The molecule has 6 rings (SSSR count). The number of aliphatic hydroxyl groups is 1. The van der Waals surface area contributed by atoms with Crippen molar-refractivity contribution in [2.24, 2.45) is 0 Å². The molecule has 0 saturated heterocycles. The number of carbonyl (C=O) groups excluding carboxylic acids is 1. The smallest absolute Gasteiger partial charge is 0.203 e. The molecule has 4 aromatic rings. The maximum Gasteiger partial charge on any atom is 0.203 e. The van der Waals surface area contributed by atoms with Crippen molar-refractivity contribution in [1.82, 2.24) is 0 Å². The minimum absolute atomic E-state index is 0.0759. The van der Waals surface area contributed by atoms with E-state index in [1.807, 2.05) is 73.4 Å². The molecule has 0 aromatic heterocycles. The highest BCUT2D eigenvalue weighted by molar-refractivity contribution is 7.15. The molecule has 2 atom stereocenters. The molecule has 54 heavy (non-hydrogen) atoms. The first-order chi connectivity index (χ1) is 26.7. The predicted octanol–water partition coefficient (Wildman–Crippen LogP) is 7.62. The molecule has 0 bridgehead atoms. The molecule has 0 radical (unpaired) electrons. The van der Waals surface area contributed by atoms with Crippen LogP contribution < -0.4 is 37.9 Å². The fourth-order valence-corrected chi connectivity index (χ4v) is 6.63. The third kappa shape index (κ3) is 8.95. The van der Waals surface area contributed by atoms with Crippen molar-refractivity contribution in [3.05, 3.63) is 106 Å². The third-order valence-electron chi connectivity index (χ3n) is 9.18. The van der Waals surface area contributed by atoms with Crippen molar-refractivity contribution in [3.63, 3.8) is 0 Å². The SMILES string of the molecule is COc1ccc(C2=CC(=O)CCc3cc(OC)c(OC)c(OC)c32)cc1.COc1ccc(C2=CC(O)CCc3cc(OC)c(OC)c(OC)c32)cc1.[2H]PC. The Morgan fingerprint density at radius 3 is 1.44 bits per heavy atom. The number of allylic oxidation sites excluding steroid dienone is 1. The average Bonchev–Trinajstić information content (AvgIpc) is 3.50. The van der Waals surface area contributed by atoms with Crippen LogP contribution in [-0.4, -0.2) is 81.8 Å². The first kappa shape index (κ1) is 40.0. The number of rotatable bonds is 10. The Hall–Kier alpha value is -5.18. The zero-order valence-electron chi connectivity index (χ0n) is 33.5. The largest absolute Gasteiger partial charge is 0.497 e. The highest BCUT2D eigenvalue weighted by Crippen LogP contribution is 2.49. The molecule has 0 heterocycles. The Kier molecular flexibility index (Phi) is 14.6. The van der Waals surface area contributed by atoms with Crippen LogP contribution in [0.2, 0.25) is 0 Å². The number of hydrogen-bond donors (Lipinski definition) is 1. The zero-order chi connectivity index (χ0) is 40.1. The fraction of sp³-hybridized carbons (Fsp3) is 0.326. The molecular weight excluding hydrogens is 707 g/mol. The van der Waals surface area contributed by atoms with Gasteiger partial charge >= 0.3 is 0 Å². The lowest BCUT2D eigenvalue weighted by Crippen LogP contribution is -2.03. The summed E-state index contributed by atoms with van der Waals surface area (Å²) in [6.07, 6.45) is 5.41. The molecule has 2 unspecified atom stereocenters. The van der Waals surface area contributed by atoms with Gasteiger partial charge in [-0.25, -0.2) is 0 Å². The van der Waals surface area contributed by atoms with Crippen molar-refractivity contribution < 1.29 is 47.8 Å². The maximum absolute atomic E-state index is 12.4. The van der Waals surface area contributed by atoms with Crippen LogP contribution in [0.1, 0.15) is 46.2 Å². The van der Waals surface area contributed by atoms with Gasteiger partial charge in [0, 0.05) is 17.5 Å². The molecular formula is C43H51O10P. The van der Waals surface area contributed by atoms with E-state index in [1.165, 1.54) is 0 Å². The van der Waals surface area contributed by atoms with Gasteiger partial charge in [-0.3, -0.25) is 4.79 Å². The number of aliphatic hydroxyl groups excluding tert-OH is 1. The number of benzene rings is 4. The van der Waals surface area contributed by atoms with Crippen LogP contribution in [0.25, 0.3) is 11.1 Å². The summed E-state index contributed by atoms with van der Waals surface area (Å²) in [4.78, 5) is 12.4. The van der Waals surface area contributed by atoms with Gasteiger partial charge in [0.25, 0.3) is 0 Å². The topological polar surface area (TPSA) is 111 Å². The van der Waals surface area contributed by atoms with E-state index in [1.54, 1.807) is 63.0 Å². The Morgan fingerprint density at radius 1 is 0.593 bits per heavy atom. The quantitative estimate of drug-likeness (QED) is 0.162. The Bertz CT molecular complexity index is 1970. The fourth-order valence-electron chi connectivity index (χ4n) is 6.63. The average molecular weight is 760 g/mol. The minimum Gasteiger partial charge on any atom is -0.497 e. The number of fused-ring (bicyclic) bond motifs is 2. The highest BCUT2D eigenvalue weighted by Gasteiger charge is 2.28. The van der Waals surface area contributed by atoms with Crippen LogP contribution in [0.3, 0.4) is 0 Å². The van der Waals surface area contributed by atoms with Crippen LogP contribution in [0, 0.1) is 0 Å². The lowest BCUT2D eigenvalue weighted by Gasteiger charge is -2.20. The molecule has 2 aliphatic carbocycles. The predicted molar refractivity (Wildman–Crippen MR) is 216 cm³/mol. The maximum atomic E-state index is 12.4. The number of methoxy groups -OCH3 is 8. The molecule has 11 heteroatoms. The second-order valence-electron chi connectivity index (χ2n) is 12.0. The van der Waals surface area contributed by atoms with E-state index >= 15 is 0 Å². The first-order valence-corrected chi connectivity index (χ1v) is 18.3. The normalized spacial score (nSPS) is 14.8. The van der Waals surface area contributed by atoms with Crippen LogP contribution >= 0.6 is 9.18 Å². The van der Waals surface area contributed by atoms with Crippen molar-refractivity contribution in [1.29, 1.82) is 1.28 Å². The van der Waals surface area contributed by atoms with E-state index in [2.05, 4.69) is 0 Å². The summed E-state index contributed by atoms with van der Waals surface area (Å²) in [5.74, 6) is 5.06. The number of ketones is 1. The lowest BCUT2D eigenvalue weighted by molar-refractivity contribution is -0.114. The van der Waals surface area contributed by atoms with Gasteiger partial charge in [-0.2, -0.15) is 0 Å². The van der Waals surface area contributed by atoms with Crippen LogP contribution in [0.4, 0.5) is 0 Å². The molecule has 0 amide bonds. The van der Waals surface area contributed by atoms with Gasteiger partial charge < -0.3 is 43.0 Å². The summed E-state index contributed by atoms with van der Waals surface area (Å²) < 4.78 is 50.1. The molecule has 1 N–H and O–H groups in total. The molecule has 2 aliphatic rings. The minimum atomic E-state index is -0.541. The first-order valence-electron chi connectivity index (χ1n) is 17.8. The number of carbonyl (C=O) groups is 1. The second kappa shape index (κ2) is 19.8. The van der Waals surface area contributed by atoms with Gasteiger partial charge in [0.05, 0.1) is 64.3 Å². The lowest BCUT2D eigenvalue weighted by atomic mass is 9.92. The summed E-state index contributed by atoms with van der Waals surface area (Å²) in [6, 6.07) is 19.3. The summed E-state index contributed by atoms with van der Waals surface area (Å²) in [5.41, 5.74) is 7.43. The molecule has 0 spiro atoms. The zero-order valence-corrected chi connectivity index (χ0v) is 33.5. The van der Waals surface area contributed by atoms with E-state index in [-0.39, 0.29) is 5.78 Å². The van der Waals surface area contributed by atoms with Gasteiger partial charge in [0.2, 0.25) is 11.5 Å². The van der Waals surface area contributed by atoms with Crippen molar-refractivity contribution in [2.45, 2.75) is 31.8 Å². The van der Waals surface area contributed by atoms with Crippen LogP contribution in [0.5, 0.6) is 46.0 Å². The summed E-state index contributed by atoms with van der Waals surface area (Å²) >= 11 is 0. The molecule has 4 aromatic carbocycles. The van der Waals surface area contributed by atoms with Gasteiger partial charge in [0.1, 0.15) is 11.5 Å². The van der Waals surface area contributed by atoms with Crippen LogP contribution in [-0.2, 0) is 17.6 Å². The Balaban J connectivity index is 0.000000228. The van der Waals surface area contributed by atoms with Crippen LogP contribution in [0.15, 0.2) is 72.8 Å². The number of hydrogen-bond acceptors (Lipinski definition) is 10. The van der Waals surface area contributed by atoms with E-state index in [9.17, 15) is 9.90 Å². The third-order valence-corrected chi connectivity index (χ3v) is 9.18. The summed E-state index contributed by atoms with van der Waals surface area (Å²) in [6.45, 7) is 1.82. The number of ether oxygens (including phenoxy) is 8. The molecule has 0 saturated carbocycles. The number of aryl methyl sites for hydroxylation is 2. The molecule has 0 aliphatic heterocycles. The van der Waals surface area contributed by atoms with Crippen molar-refractivity contribution >= 4 is 26.1 Å². The van der Waals surface area contributed by atoms with Gasteiger partial charge in [-0.05, 0) is 101 Å². The highest BCUT2D eigenvalue weighted by atomic mass is 31.0. The molecule has 10 nitrogen and oxygen atoms in total. The van der Waals surface area contributed by atoms with Gasteiger partial charge in [-0.15, -0.1) is 9.18 Å². The van der Waals surface area contributed by atoms with E-state index in [0.717, 1.165) is 56.0 Å². The Labute approximate surface area is 322 Å². The standard InChI is InChI=1S/C21H24O5.C21H22O5.CH5P/c2*1-23-16-9-6-13(7-10-16)17-12-15(22)8-5-14-11-18(24-2)20(25-3)21(26-4)19(14)17;1-2/h6-7,9-12,15,22H,5,8H2,1-4H3;6-7,9-12H,5,8H2,1-4H3;2H2,1H3/i;;2D. The molecule has 0 fully saturated rings. The Morgan fingerprint density at radius 2 is 1.02 bits per heavy atom. The molecule has 288 valence electrons. The summed E-state index contributed by atoms with van der Waals surface area (Å²) in [7, 11) is 13.2. The monoisotopic (exact) mass is 759 g/mol. The van der Waals surface area contributed by atoms with E-state index in [4.69, 9.17) is 39.2 Å². The second-order valence-corrected chi connectivity index (χ2v) is 12.0. The van der Waals surface area contributed by atoms with Crippen molar-refractivity contribution in [3.8, 4) is 46.0 Å². The van der Waals surface area contributed by atoms with Gasteiger partial charge in [-0.1, -0.05) is 30.9 Å². The van der Waals surface area contributed by atoms with E-state index < -0.39 is 6.10 Å². The van der Waals surface area contributed by atoms with Crippen molar-refractivity contribution in [2.75, 3.05) is 63.5 Å². The van der Waals surface area contributed by atoms with E-state index in [0.29, 0.717) is 69.4 Å².